The summed E-state index contributed by atoms with van der Waals surface area (Å²) in [5.41, 5.74) is 1.40. The van der Waals surface area contributed by atoms with Gasteiger partial charge in [-0.25, -0.2) is 8.42 Å². The number of ether oxygens (including phenoxy) is 4. The lowest BCUT2D eigenvalue weighted by Crippen LogP contribution is -2.11. The molecule has 0 aliphatic rings. The minimum absolute atomic E-state index is 0.197. The molecule has 1 amide bonds. The van der Waals surface area contributed by atoms with Gasteiger partial charge in [0, 0.05) is 24.0 Å². The monoisotopic (exact) mass is 449 g/mol. The summed E-state index contributed by atoms with van der Waals surface area (Å²) in [5, 5.41) is 3.82. The maximum atomic E-state index is 12.7. The summed E-state index contributed by atoms with van der Waals surface area (Å²) in [6, 6.07) is 8.13. The van der Waals surface area contributed by atoms with Gasteiger partial charge in [0.2, 0.25) is 5.91 Å². The van der Waals surface area contributed by atoms with Crippen LogP contribution < -0.4 is 24.3 Å². The topological polar surface area (TPSA) is 100 Å². The van der Waals surface area contributed by atoms with Crippen LogP contribution in [0.25, 0.3) is 6.08 Å². The zero-order valence-electron chi connectivity index (χ0n) is 18.2. The van der Waals surface area contributed by atoms with Gasteiger partial charge in [-0.1, -0.05) is 13.0 Å². The van der Waals surface area contributed by atoms with Crippen LogP contribution >= 0.6 is 0 Å². The maximum absolute atomic E-state index is 12.7. The van der Waals surface area contributed by atoms with Crippen LogP contribution in [0.3, 0.4) is 0 Å². The first-order valence-electron chi connectivity index (χ1n) is 9.44. The number of methoxy groups -OCH3 is 4. The highest BCUT2D eigenvalue weighted by Crippen LogP contribution is 2.35. The average molecular weight is 450 g/mol. The minimum Gasteiger partial charge on any atom is -0.496 e. The van der Waals surface area contributed by atoms with Crippen LogP contribution in [0, 0.1) is 0 Å². The van der Waals surface area contributed by atoms with Gasteiger partial charge in [0.1, 0.15) is 23.0 Å². The largest absolute Gasteiger partial charge is 0.496 e. The lowest BCUT2D eigenvalue weighted by atomic mass is 10.1. The molecule has 8 nitrogen and oxygen atoms in total. The van der Waals surface area contributed by atoms with Gasteiger partial charge in [0.15, 0.2) is 9.84 Å². The number of hydrogen-bond acceptors (Lipinski definition) is 7. The molecule has 2 aromatic carbocycles. The Labute approximate surface area is 182 Å². The van der Waals surface area contributed by atoms with Gasteiger partial charge < -0.3 is 24.3 Å². The highest BCUT2D eigenvalue weighted by atomic mass is 32.2. The summed E-state index contributed by atoms with van der Waals surface area (Å²) in [4.78, 5) is 11.7. The molecule has 0 aromatic heterocycles. The summed E-state index contributed by atoms with van der Waals surface area (Å²) in [6.45, 7) is 1.72. The van der Waals surface area contributed by atoms with E-state index in [0.29, 0.717) is 46.2 Å². The molecular formula is C22H27NO7S. The maximum Gasteiger partial charge on any atom is 0.224 e. The lowest BCUT2D eigenvalue weighted by molar-refractivity contribution is -0.115. The predicted molar refractivity (Wildman–Crippen MR) is 120 cm³/mol. The SMILES string of the molecule is CCC(=O)Nc1cc(CS(=O)(=O)/C=C\c2c(OC)cc(OC)cc2OC)ccc1OC. The van der Waals surface area contributed by atoms with Crippen molar-refractivity contribution in [2.75, 3.05) is 33.8 Å². The van der Waals surface area contributed by atoms with E-state index in [2.05, 4.69) is 5.32 Å². The molecule has 0 heterocycles. The number of amides is 1. The molecule has 0 atom stereocenters. The van der Waals surface area contributed by atoms with Gasteiger partial charge in [-0.05, 0) is 23.8 Å². The van der Waals surface area contributed by atoms with Crippen molar-refractivity contribution in [3.8, 4) is 23.0 Å². The van der Waals surface area contributed by atoms with E-state index in [1.807, 2.05) is 0 Å². The van der Waals surface area contributed by atoms with Crippen molar-refractivity contribution in [3.05, 3.63) is 46.9 Å². The molecule has 0 unspecified atom stereocenters. The van der Waals surface area contributed by atoms with Gasteiger partial charge in [-0.2, -0.15) is 0 Å². The molecule has 0 aliphatic heterocycles. The van der Waals surface area contributed by atoms with E-state index in [0.717, 1.165) is 5.41 Å². The van der Waals surface area contributed by atoms with Gasteiger partial charge in [0.05, 0.1) is 45.4 Å². The van der Waals surface area contributed by atoms with Crippen molar-refractivity contribution in [1.29, 1.82) is 0 Å². The lowest BCUT2D eigenvalue weighted by Gasteiger charge is -2.13. The van der Waals surface area contributed by atoms with Gasteiger partial charge >= 0.3 is 0 Å². The number of nitrogens with one attached hydrogen (secondary N) is 1. The molecular weight excluding hydrogens is 422 g/mol. The number of carbonyl (C=O) groups excluding carboxylic acids is 1. The Hall–Kier alpha value is -3.20. The minimum atomic E-state index is -3.65. The molecule has 0 fully saturated rings. The zero-order chi connectivity index (χ0) is 23.0. The third-order valence-corrected chi connectivity index (χ3v) is 5.71. The fourth-order valence-corrected chi connectivity index (χ4v) is 3.91. The normalized spacial score (nSPS) is 11.3. The Morgan fingerprint density at radius 3 is 2.06 bits per heavy atom. The van der Waals surface area contributed by atoms with Crippen molar-refractivity contribution in [3.63, 3.8) is 0 Å². The predicted octanol–water partition coefficient (Wildman–Crippen LogP) is 3.66. The van der Waals surface area contributed by atoms with E-state index in [4.69, 9.17) is 18.9 Å². The molecule has 0 aliphatic carbocycles. The van der Waals surface area contributed by atoms with Crippen molar-refractivity contribution in [1.82, 2.24) is 0 Å². The third kappa shape index (κ3) is 6.39. The molecule has 168 valence electrons. The van der Waals surface area contributed by atoms with Crippen LogP contribution in [-0.4, -0.2) is 42.8 Å². The molecule has 2 aromatic rings. The van der Waals surface area contributed by atoms with E-state index in [1.165, 1.54) is 34.5 Å². The zero-order valence-corrected chi connectivity index (χ0v) is 19.0. The van der Waals surface area contributed by atoms with Crippen LogP contribution in [0.15, 0.2) is 35.7 Å². The Balaban J connectivity index is 2.33. The van der Waals surface area contributed by atoms with Crippen LogP contribution in [0.4, 0.5) is 5.69 Å². The smallest absolute Gasteiger partial charge is 0.224 e. The Bertz CT molecular complexity index is 1040. The fraction of sp³-hybridized carbons (Fsp3) is 0.318. The highest BCUT2D eigenvalue weighted by Gasteiger charge is 2.15. The van der Waals surface area contributed by atoms with Gasteiger partial charge in [0.25, 0.3) is 0 Å². The number of anilines is 1. The van der Waals surface area contributed by atoms with Crippen molar-refractivity contribution in [2.24, 2.45) is 0 Å². The first kappa shape index (κ1) is 24.1. The molecule has 1 N–H and O–H groups in total. The van der Waals surface area contributed by atoms with E-state index in [1.54, 1.807) is 37.3 Å². The average Bonchev–Trinajstić information content (AvgIpc) is 2.76. The third-order valence-electron chi connectivity index (χ3n) is 4.42. The second-order valence-electron chi connectivity index (χ2n) is 6.49. The Morgan fingerprint density at radius 1 is 0.935 bits per heavy atom. The number of sulfone groups is 1. The highest BCUT2D eigenvalue weighted by molar-refractivity contribution is 7.93. The molecule has 0 saturated heterocycles. The standard InChI is InChI=1S/C22H27NO7S/c1-6-22(24)23-18-11-15(7-8-19(18)28-3)14-31(25,26)10-9-17-20(29-4)12-16(27-2)13-21(17)30-5/h7-13H,6,14H2,1-5H3,(H,23,24)/b10-9-. The quantitative estimate of drug-likeness (QED) is 0.591. The molecule has 9 heteroatoms. The van der Waals surface area contributed by atoms with Crippen LogP contribution in [0.2, 0.25) is 0 Å². The first-order chi connectivity index (χ1) is 14.8. The molecule has 2 rings (SSSR count). The molecule has 0 saturated carbocycles. The van der Waals surface area contributed by atoms with Gasteiger partial charge in [-0.15, -0.1) is 0 Å². The van der Waals surface area contributed by atoms with E-state index in [-0.39, 0.29) is 11.7 Å². The molecule has 0 bridgehead atoms. The summed E-state index contributed by atoms with van der Waals surface area (Å²) in [7, 11) is 2.30. The first-order valence-corrected chi connectivity index (χ1v) is 11.2. The van der Waals surface area contributed by atoms with Crippen molar-refractivity contribution >= 4 is 27.5 Å². The number of carbonyl (C=O) groups is 1. The Morgan fingerprint density at radius 2 is 1.55 bits per heavy atom. The Kier molecular flexibility index (Phi) is 8.32. The number of benzene rings is 2. The fourth-order valence-electron chi connectivity index (χ4n) is 2.83. The van der Waals surface area contributed by atoms with Crippen LogP contribution in [0.1, 0.15) is 24.5 Å². The number of hydrogen-bond donors (Lipinski definition) is 1. The number of rotatable bonds is 10. The molecule has 0 radical (unpaired) electrons. The van der Waals surface area contributed by atoms with Crippen molar-refractivity contribution in [2.45, 2.75) is 19.1 Å². The summed E-state index contributed by atoms with van der Waals surface area (Å²) in [5.74, 6) is 1.34. The second kappa shape index (κ2) is 10.7. The van der Waals surface area contributed by atoms with E-state index < -0.39 is 9.84 Å². The van der Waals surface area contributed by atoms with Gasteiger partial charge in [-0.3, -0.25) is 4.79 Å². The summed E-state index contributed by atoms with van der Waals surface area (Å²) in [6.07, 6.45) is 1.72. The summed E-state index contributed by atoms with van der Waals surface area (Å²) >= 11 is 0. The van der Waals surface area contributed by atoms with Crippen molar-refractivity contribution < 1.29 is 32.2 Å². The van der Waals surface area contributed by atoms with E-state index >= 15 is 0 Å². The van der Waals surface area contributed by atoms with Crippen LogP contribution in [0.5, 0.6) is 23.0 Å². The molecule has 0 spiro atoms. The summed E-state index contributed by atoms with van der Waals surface area (Å²) < 4.78 is 46.6. The second-order valence-corrected chi connectivity index (χ2v) is 8.38. The van der Waals surface area contributed by atoms with E-state index in [9.17, 15) is 13.2 Å². The molecule has 31 heavy (non-hydrogen) atoms. The van der Waals surface area contributed by atoms with Crippen LogP contribution in [-0.2, 0) is 20.4 Å².